The van der Waals surface area contributed by atoms with E-state index in [4.69, 9.17) is 32.9 Å². The third kappa shape index (κ3) is 8.47. The van der Waals surface area contributed by atoms with Crippen LogP contribution in [0.4, 0.5) is 22.7 Å². The SMILES string of the molecule is [2H]c1c([2H])c([2H])c(-c2cc(C(C)(C)C)cc(-c3c([2H])c([2H])c([2H])c([2H])c3[2H])c2N2CN(c3cccc(Oc4cc5c(cc4-c4nc(C(C)(C)C)nc(C(C)(C)C)n4)c4ccccc4n5-c4ccccn4)c3)c3ccccc32)c([2H])c1[2H]. The molecule has 0 radical (unpaired) electrons. The Morgan fingerprint density at radius 2 is 1.13 bits per heavy atom. The van der Waals surface area contributed by atoms with E-state index in [-0.39, 0.29) is 34.6 Å². The Hall–Kier alpha value is -8.10. The normalized spacial score (nSPS) is 15.0. The third-order valence-corrected chi connectivity index (χ3v) is 12.8. The van der Waals surface area contributed by atoms with E-state index in [1.54, 1.807) is 18.3 Å². The van der Waals surface area contributed by atoms with Gasteiger partial charge < -0.3 is 14.5 Å². The minimum Gasteiger partial charge on any atom is -0.456 e. The van der Waals surface area contributed by atoms with Crippen molar-refractivity contribution in [1.82, 2.24) is 24.5 Å². The monoisotopic (exact) mass is 940 g/mol. The van der Waals surface area contributed by atoms with Crippen LogP contribution in [0.1, 0.15) is 93.2 Å². The molecule has 352 valence electrons. The van der Waals surface area contributed by atoms with Gasteiger partial charge in [0.1, 0.15) is 35.6 Å². The zero-order chi connectivity index (χ0) is 57.9. The van der Waals surface area contributed by atoms with E-state index in [9.17, 15) is 5.48 Å². The lowest BCUT2D eigenvalue weighted by atomic mass is 9.82. The minimum atomic E-state index is -0.634. The summed E-state index contributed by atoms with van der Waals surface area (Å²) in [5.74, 6) is 3.39. The van der Waals surface area contributed by atoms with Crippen molar-refractivity contribution < 1.29 is 18.4 Å². The second-order valence-electron chi connectivity index (χ2n) is 21.0. The van der Waals surface area contributed by atoms with Crippen LogP contribution in [-0.4, -0.2) is 31.2 Å². The van der Waals surface area contributed by atoms with Gasteiger partial charge in [-0.1, -0.05) is 165 Å². The van der Waals surface area contributed by atoms with Crippen LogP contribution in [0.3, 0.4) is 0 Å². The summed E-state index contributed by atoms with van der Waals surface area (Å²) in [7, 11) is 0. The Balaban J connectivity index is 1.12. The maximum atomic E-state index is 9.34. The third-order valence-electron chi connectivity index (χ3n) is 12.8. The Morgan fingerprint density at radius 1 is 0.521 bits per heavy atom. The minimum absolute atomic E-state index is 0.0619. The summed E-state index contributed by atoms with van der Waals surface area (Å²) >= 11 is 0. The molecule has 0 spiro atoms. The molecule has 0 bridgehead atoms. The van der Waals surface area contributed by atoms with E-state index >= 15 is 0 Å². The van der Waals surface area contributed by atoms with Gasteiger partial charge in [-0.2, -0.15) is 0 Å². The van der Waals surface area contributed by atoms with Gasteiger partial charge in [-0.15, -0.1) is 0 Å². The molecule has 11 rings (SSSR count). The molecule has 71 heavy (non-hydrogen) atoms. The van der Waals surface area contributed by atoms with Gasteiger partial charge >= 0.3 is 0 Å². The van der Waals surface area contributed by atoms with E-state index in [2.05, 4.69) is 69.2 Å². The van der Waals surface area contributed by atoms with Crippen LogP contribution >= 0.6 is 0 Å². The van der Waals surface area contributed by atoms with E-state index in [0.717, 1.165) is 33.3 Å². The molecule has 0 saturated carbocycles. The summed E-state index contributed by atoms with van der Waals surface area (Å²) in [5, 5.41) is 1.95. The fourth-order valence-electron chi connectivity index (χ4n) is 9.13. The molecule has 0 saturated heterocycles. The van der Waals surface area contributed by atoms with E-state index in [0.29, 0.717) is 51.5 Å². The zero-order valence-corrected chi connectivity index (χ0v) is 41.3. The van der Waals surface area contributed by atoms with Gasteiger partial charge in [0.2, 0.25) is 0 Å². The average Bonchev–Trinajstić information content (AvgIpc) is 4.20. The Labute approximate surface area is 431 Å². The first kappa shape index (κ1) is 35.1. The highest BCUT2D eigenvalue weighted by Crippen LogP contribution is 2.52. The van der Waals surface area contributed by atoms with Gasteiger partial charge in [0.05, 0.1) is 47.4 Å². The van der Waals surface area contributed by atoms with Gasteiger partial charge in [0.25, 0.3) is 0 Å². The zero-order valence-electron chi connectivity index (χ0n) is 51.3. The molecule has 0 unspecified atom stereocenters. The summed E-state index contributed by atoms with van der Waals surface area (Å²) < 4.78 is 99.1. The fourth-order valence-corrected chi connectivity index (χ4v) is 9.13. The number of anilines is 4. The number of pyridine rings is 1. The standard InChI is InChI=1S/C63H59N7O/c1-61(2,3)43-35-47(41-23-12-10-13-24-41)57(48(36-43)42-25-14-11-15-26-42)69-40-68(52-31-18-19-32-53(52)69)44-27-22-28-45(37-44)71-55-39-54-49(46-29-16-17-30-51(46)70(54)56-33-20-21-34-64-56)38-50(55)58-65-59(62(4,5)6)67-60(66-58)63(7,8)9/h10-39H,40H2,1-9H3/i10D,11D,12D,13D,14D,15D,23D,24D,25D,26D. The number of para-hydroxylation sites is 3. The van der Waals surface area contributed by atoms with Crippen molar-refractivity contribution in [2.45, 2.75) is 78.6 Å². The van der Waals surface area contributed by atoms with Crippen molar-refractivity contribution in [2.75, 3.05) is 16.5 Å². The van der Waals surface area contributed by atoms with E-state index in [1.165, 1.54) is 0 Å². The first-order valence-electron chi connectivity index (χ1n) is 28.8. The van der Waals surface area contributed by atoms with Gasteiger partial charge in [-0.25, -0.2) is 19.9 Å². The molecule has 8 heteroatoms. The average molecular weight is 940 g/mol. The van der Waals surface area contributed by atoms with Crippen LogP contribution in [0.2, 0.25) is 0 Å². The topological polar surface area (TPSA) is 72.2 Å². The van der Waals surface area contributed by atoms with Crippen molar-refractivity contribution in [3.8, 4) is 51.0 Å². The molecule has 1 aliphatic rings. The number of ether oxygens (including phenoxy) is 1. The van der Waals surface area contributed by atoms with Gasteiger partial charge in [-0.3, -0.25) is 4.57 Å². The van der Waals surface area contributed by atoms with Crippen LogP contribution < -0.4 is 14.5 Å². The van der Waals surface area contributed by atoms with Crippen molar-refractivity contribution in [2.24, 2.45) is 0 Å². The maximum Gasteiger partial charge on any atom is 0.167 e. The Kier molecular flexibility index (Phi) is 8.59. The van der Waals surface area contributed by atoms with Crippen molar-refractivity contribution in [3.63, 3.8) is 0 Å². The molecule has 0 aliphatic carbocycles. The van der Waals surface area contributed by atoms with Crippen LogP contribution in [-0.2, 0) is 16.2 Å². The summed E-state index contributed by atoms with van der Waals surface area (Å²) in [6, 6.07) is 31.9. The van der Waals surface area contributed by atoms with Crippen molar-refractivity contribution in [3.05, 3.63) is 199 Å². The highest BCUT2D eigenvalue weighted by atomic mass is 16.5. The largest absolute Gasteiger partial charge is 0.456 e. The van der Waals surface area contributed by atoms with Crippen LogP contribution in [0.5, 0.6) is 11.5 Å². The van der Waals surface area contributed by atoms with E-state index in [1.807, 2.05) is 111 Å². The molecule has 0 amide bonds. The number of benzene rings is 7. The van der Waals surface area contributed by atoms with Crippen molar-refractivity contribution >= 4 is 44.6 Å². The number of aromatic nitrogens is 5. The Morgan fingerprint density at radius 3 is 1.73 bits per heavy atom. The molecule has 0 N–H and O–H groups in total. The lowest BCUT2D eigenvalue weighted by molar-refractivity contribution is 0.481. The summed E-state index contributed by atoms with van der Waals surface area (Å²) in [6.45, 7) is 18.4. The van der Waals surface area contributed by atoms with Gasteiger partial charge in [-0.05, 0) is 82.8 Å². The molecule has 10 aromatic rings. The quantitative estimate of drug-likeness (QED) is 0.150. The number of nitrogens with zero attached hydrogens (tertiary/aromatic N) is 7. The molecular weight excluding hydrogens is 871 g/mol. The first-order chi connectivity index (χ1) is 38.2. The summed E-state index contributed by atoms with van der Waals surface area (Å²) in [5.41, 5.74) is 4.20. The predicted octanol–water partition coefficient (Wildman–Crippen LogP) is 16.3. The highest BCUT2D eigenvalue weighted by Gasteiger charge is 2.33. The number of fused-ring (bicyclic) bond motifs is 4. The summed E-state index contributed by atoms with van der Waals surface area (Å²) in [4.78, 5) is 24.1. The lowest BCUT2D eigenvalue weighted by Crippen LogP contribution is -2.25. The Bertz CT molecular complexity index is 4040. The maximum absolute atomic E-state index is 9.34. The van der Waals surface area contributed by atoms with Crippen LogP contribution in [0, 0.1) is 0 Å². The molecule has 3 aromatic heterocycles. The predicted molar refractivity (Wildman–Crippen MR) is 293 cm³/mol. The molecule has 0 atom stereocenters. The van der Waals surface area contributed by atoms with Crippen LogP contribution in [0.25, 0.3) is 61.3 Å². The van der Waals surface area contributed by atoms with Crippen molar-refractivity contribution in [1.29, 1.82) is 0 Å². The van der Waals surface area contributed by atoms with Crippen LogP contribution in [0.15, 0.2) is 182 Å². The molecule has 7 aromatic carbocycles. The number of hydrogen-bond donors (Lipinski definition) is 0. The number of rotatable bonds is 8. The molecule has 8 nitrogen and oxygen atoms in total. The number of hydrogen-bond acceptors (Lipinski definition) is 7. The second kappa shape index (κ2) is 17.4. The molecule has 4 heterocycles. The molecule has 1 aliphatic heterocycles. The smallest absolute Gasteiger partial charge is 0.167 e. The van der Waals surface area contributed by atoms with Gasteiger partial charge in [0.15, 0.2) is 5.82 Å². The fraction of sp³-hybridized carbons (Fsp3) is 0.206. The van der Waals surface area contributed by atoms with Gasteiger partial charge in [0, 0.05) is 56.7 Å². The summed E-state index contributed by atoms with van der Waals surface area (Å²) in [6.07, 6.45) is 1.77. The molecule has 0 fully saturated rings. The molecular formula is C63H59N7O. The first-order valence-corrected chi connectivity index (χ1v) is 23.8. The lowest BCUT2D eigenvalue weighted by Gasteiger charge is -2.30. The van der Waals surface area contributed by atoms with E-state index < -0.39 is 76.7 Å². The second-order valence-corrected chi connectivity index (χ2v) is 21.0. The highest BCUT2D eigenvalue weighted by molar-refractivity contribution is 6.11.